The zero-order valence-electron chi connectivity index (χ0n) is 13.3. The minimum Gasteiger partial charge on any atom is -0.480 e. The maximum Gasteiger partial charge on any atom is 0.317 e. The summed E-state index contributed by atoms with van der Waals surface area (Å²) in [7, 11) is 0. The van der Waals surface area contributed by atoms with E-state index in [1.165, 1.54) is 4.90 Å². The summed E-state index contributed by atoms with van der Waals surface area (Å²) < 4.78 is 0. The summed E-state index contributed by atoms with van der Waals surface area (Å²) in [6, 6.07) is -0.156. The van der Waals surface area contributed by atoms with Gasteiger partial charge in [0.05, 0.1) is 26.3 Å². The van der Waals surface area contributed by atoms with Gasteiger partial charge in [-0.15, -0.1) is 0 Å². The zero-order valence-corrected chi connectivity index (χ0v) is 13.3. The summed E-state index contributed by atoms with van der Waals surface area (Å²) >= 11 is 0. The molecule has 0 amide bonds. The molecule has 1 unspecified atom stereocenters. The van der Waals surface area contributed by atoms with Gasteiger partial charge in [-0.2, -0.15) is 0 Å². The van der Waals surface area contributed by atoms with Crippen LogP contribution in [-0.4, -0.2) is 94.4 Å². The van der Waals surface area contributed by atoms with E-state index in [9.17, 15) is 9.59 Å². The number of aliphatic carboxylic acids is 2. The number of carboxylic acids is 2. The lowest BCUT2D eigenvalue weighted by Gasteiger charge is -2.32. The molecule has 0 aromatic carbocycles. The first-order chi connectivity index (χ1) is 10.9. The molecule has 0 saturated heterocycles. The molecule has 0 aliphatic carbocycles. The third-order valence-electron chi connectivity index (χ3n) is 3.30. The van der Waals surface area contributed by atoms with Crippen molar-refractivity contribution in [2.75, 3.05) is 45.9 Å². The lowest BCUT2D eigenvalue weighted by molar-refractivity contribution is -0.259. The molecule has 0 rings (SSSR count). The molecule has 4 N–H and O–H groups in total. The highest BCUT2D eigenvalue weighted by molar-refractivity contribution is 5.72. The van der Waals surface area contributed by atoms with Crippen LogP contribution in [0.3, 0.4) is 0 Å². The Bertz CT molecular complexity index is 320. The summed E-state index contributed by atoms with van der Waals surface area (Å²) in [5.74, 6) is -2.22. The van der Waals surface area contributed by atoms with Crippen molar-refractivity contribution in [3.05, 3.63) is 0 Å². The third kappa shape index (κ3) is 11.0. The molecule has 0 heterocycles. The van der Waals surface area contributed by atoms with Gasteiger partial charge in [-0.05, 0) is 6.42 Å². The van der Waals surface area contributed by atoms with Crippen molar-refractivity contribution >= 4 is 11.9 Å². The van der Waals surface area contributed by atoms with Crippen LogP contribution in [0.1, 0.15) is 19.8 Å². The normalized spacial score (nSPS) is 12.7. The summed E-state index contributed by atoms with van der Waals surface area (Å²) in [6.07, 6.45) is 1.54. The van der Waals surface area contributed by atoms with E-state index in [2.05, 4.69) is 9.78 Å². The van der Waals surface area contributed by atoms with Gasteiger partial charge in [-0.3, -0.25) is 29.9 Å². The number of nitrogens with zero attached hydrogens (tertiary/aromatic N) is 2. The third-order valence-corrected chi connectivity index (χ3v) is 3.30. The highest BCUT2D eigenvalue weighted by Gasteiger charge is 2.21. The predicted molar refractivity (Wildman–Crippen MR) is 79.1 cm³/mol. The topological polar surface area (TPSA) is 140 Å². The van der Waals surface area contributed by atoms with Crippen LogP contribution in [0.5, 0.6) is 0 Å². The van der Waals surface area contributed by atoms with E-state index in [1.807, 2.05) is 11.8 Å². The van der Waals surface area contributed by atoms with Crippen molar-refractivity contribution in [1.82, 2.24) is 9.80 Å². The quantitative estimate of drug-likeness (QED) is 0.236. The van der Waals surface area contributed by atoms with Crippen LogP contribution < -0.4 is 0 Å². The number of hydrogen-bond acceptors (Lipinski definition) is 8. The zero-order chi connectivity index (χ0) is 17.7. The van der Waals surface area contributed by atoms with Crippen LogP contribution in [0.4, 0.5) is 0 Å². The van der Waals surface area contributed by atoms with Crippen molar-refractivity contribution in [2.45, 2.75) is 25.8 Å². The van der Waals surface area contributed by atoms with E-state index in [1.54, 1.807) is 0 Å². The Balaban J connectivity index is 4.74. The number of carbonyl (C=O) groups is 2. The fourth-order valence-electron chi connectivity index (χ4n) is 2.29. The number of carboxylic acid groups (broad SMARTS) is 2. The summed E-state index contributed by atoms with van der Waals surface area (Å²) in [5.41, 5.74) is 0. The average molecular weight is 338 g/mol. The largest absolute Gasteiger partial charge is 0.480 e. The first-order valence-electron chi connectivity index (χ1n) is 7.37. The fourth-order valence-corrected chi connectivity index (χ4v) is 2.29. The Kier molecular flexibility index (Phi) is 12.4. The predicted octanol–water partition coefficient (Wildman–Crippen LogP) is -0.0925. The average Bonchev–Trinajstić information content (AvgIpc) is 2.46. The van der Waals surface area contributed by atoms with Gasteiger partial charge in [-0.25, -0.2) is 9.78 Å². The summed E-state index contributed by atoms with van der Waals surface area (Å²) in [4.78, 5) is 33.0. The lowest BCUT2D eigenvalue weighted by atomic mass is 10.1. The molecule has 23 heavy (non-hydrogen) atoms. The van der Waals surface area contributed by atoms with Crippen LogP contribution in [-0.2, 0) is 19.4 Å². The minimum atomic E-state index is -1.11. The van der Waals surface area contributed by atoms with Gasteiger partial charge < -0.3 is 10.2 Å². The Morgan fingerprint density at radius 3 is 2.04 bits per heavy atom. The second kappa shape index (κ2) is 13.2. The molecule has 0 aliphatic rings. The maximum atomic E-state index is 10.8. The minimum absolute atomic E-state index is 0.0313. The standard InChI is InChI=1S/C13H26N2O8/c1-2-3-11(10-23-21)15(6-7-22-20)5-4-14(8-12(16)17)9-13(18)19/h11,20-21H,2-10H2,1H3,(H,16,17)(H,18,19). The summed E-state index contributed by atoms with van der Waals surface area (Å²) in [6.45, 7) is 2.16. The van der Waals surface area contributed by atoms with Crippen molar-refractivity contribution in [2.24, 2.45) is 0 Å². The molecule has 0 bridgehead atoms. The molecule has 0 saturated carbocycles. The van der Waals surface area contributed by atoms with E-state index in [4.69, 9.17) is 20.7 Å². The molecule has 136 valence electrons. The monoisotopic (exact) mass is 338 g/mol. The molecular weight excluding hydrogens is 312 g/mol. The van der Waals surface area contributed by atoms with Crippen molar-refractivity contribution in [1.29, 1.82) is 0 Å². The Labute approximate surface area is 134 Å². The van der Waals surface area contributed by atoms with Gasteiger partial charge in [0.2, 0.25) is 0 Å². The molecule has 0 spiro atoms. The second-order valence-electron chi connectivity index (χ2n) is 5.11. The van der Waals surface area contributed by atoms with E-state index in [-0.39, 0.29) is 38.9 Å². The van der Waals surface area contributed by atoms with Crippen LogP contribution >= 0.6 is 0 Å². The number of rotatable bonds is 15. The first kappa shape index (κ1) is 21.7. The highest BCUT2D eigenvalue weighted by atomic mass is 17.1. The smallest absolute Gasteiger partial charge is 0.317 e. The van der Waals surface area contributed by atoms with E-state index >= 15 is 0 Å². The van der Waals surface area contributed by atoms with Crippen LogP contribution in [0.15, 0.2) is 0 Å². The van der Waals surface area contributed by atoms with Gasteiger partial charge in [0.1, 0.15) is 0 Å². The maximum absolute atomic E-state index is 10.8. The molecule has 1 atom stereocenters. The Morgan fingerprint density at radius 1 is 1.00 bits per heavy atom. The Morgan fingerprint density at radius 2 is 1.61 bits per heavy atom. The molecule has 10 nitrogen and oxygen atoms in total. The molecule has 0 aromatic heterocycles. The van der Waals surface area contributed by atoms with E-state index in [0.29, 0.717) is 19.5 Å². The molecule has 0 aliphatic heterocycles. The van der Waals surface area contributed by atoms with Gasteiger partial charge >= 0.3 is 11.9 Å². The van der Waals surface area contributed by atoms with Gasteiger partial charge in [0, 0.05) is 25.7 Å². The molecule has 0 aromatic rings. The second-order valence-corrected chi connectivity index (χ2v) is 5.11. The lowest BCUT2D eigenvalue weighted by Crippen LogP contribution is -2.46. The molecule has 10 heteroatoms. The van der Waals surface area contributed by atoms with Crippen molar-refractivity contribution in [3.8, 4) is 0 Å². The Hall–Kier alpha value is -1.30. The molecule has 0 radical (unpaired) electrons. The van der Waals surface area contributed by atoms with Crippen LogP contribution in [0, 0.1) is 0 Å². The first-order valence-corrected chi connectivity index (χ1v) is 7.37. The molecule has 0 fully saturated rings. The summed E-state index contributed by atoms with van der Waals surface area (Å²) in [5, 5.41) is 34.8. The van der Waals surface area contributed by atoms with Crippen molar-refractivity contribution < 1.29 is 40.1 Å². The van der Waals surface area contributed by atoms with Crippen molar-refractivity contribution in [3.63, 3.8) is 0 Å². The van der Waals surface area contributed by atoms with E-state index in [0.717, 1.165) is 6.42 Å². The van der Waals surface area contributed by atoms with Crippen LogP contribution in [0.2, 0.25) is 0 Å². The van der Waals surface area contributed by atoms with E-state index < -0.39 is 11.9 Å². The van der Waals surface area contributed by atoms with Gasteiger partial charge in [0.25, 0.3) is 0 Å². The number of hydrogen-bond donors (Lipinski definition) is 4. The van der Waals surface area contributed by atoms with Gasteiger partial charge in [-0.1, -0.05) is 13.3 Å². The van der Waals surface area contributed by atoms with Crippen LogP contribution in [0.25, 0.3) is 0 Å². The highest BCUT2D eigenvalue weighted by Crippen LogP contribution is 2.08. The molecular formula is C13H26N2O8. The van der Waals surface area contributed by atoms with Gasteiger partial charge in [0.15, 0.2) is 0 Å². The fraction of sp³-hybridized carbons (Fsp3) is 0.846. The SMILES string of the molecule is CCCC(COO)N(CCOO)CCN(CC(=O)O)CC(=O)O.